The normalized spacial score (nSPS) is 20.2. The number of piperazine rings is 1. The van der Waals surface area contributed by atoms with Crippen LogP contribution >= 0.6 is 0 Å². The van der Waals surface area contributed by atoms with Crippen molar-refractivity contribution in [2.75, 3.05) is 63.1 Å². The smallest absolute Gasteiger partial charge is 0.227 e. The lowest BCUT2D eigenvalue weighted by Crippen LogP contribution is -2.52. The summed E-state index contributed by atoms with van der Waals surface area (Å²) in [7, 11) is 2.22. The number of rotatable bonds is 6. The molecule has 0 spiro atoms. The van der Waals surface area contributed by atoms with Crippen LogP contribution in [0.3, 0.4) is 0 Å². The summed E-state index contributed by atoms with van der Waals surface area (Å²) in [5.74, 6) is 2.45. The first-order chi connectivity index (χ1) is 13.6. The molecule has 2 fully saturated rings. The van der Waals surface area contributed by atoms with Crippen molar-refractivity contribution in [3.8, 4) is 0 Å². The Kier molecular flexibility index (Phi) is 5.97. The van der Waals surface area contributed by atoms with Gasteiger partial charge in [-0.1, -0.05) is 26.0 Å². The number of fused-ring (bicyclic) bond motifs is 1. The second kappa shape index (κ2) is 8.62. The van der Waals surface area contributed by atoms with Crippen molar-refractivity contribution in [3.63, 3.8) is 0 Å². The van der Waals surface area contributed by atoms with E-state index in [0.717, 1.165) is 68.5 Å². The molecule has 2 aliphatic rings. The molecular formula is C22H34N6. The van der Waals surface area contributed by atoms with Gasteiger partial charge in [-0.25, -0.2) is 4.98 Å². The van der Waals surface area contributed by atoms with Gasteiger partial charge in [0, 0.05) is 57.2 Å². The molecule has 1 unspecified atom stereocenters. The van der Waals surface area contributed by atoms with Crippen LogP contribution in [0.25, 0.3) is 10.9 Å². The molecule has 0 amide bonds. The highest BCUT2D eigenvalue weighted by molar-refractivity contribution is 5.90. The predicted molar refractivity (Wildman–Crippen MR) is 117 cm³/mol. The van der Waals surface area contributed by atoms with Crippen molar-refractivity contribution in [1.29, 1.82) is 0 Å². The molecule has 3 heterocycles. The van der Waals surface area contributed by atoms with E-state index in [4.69, 9.17) is 9.97 Å². The van der Waals surface area contributed by atoms with E-state index < -0.39 is 0 Å². The average Bonchev–Trinajstić information content (AvgIpc) is 3.24. The Morgan fingerprint density at radius 1 is 0.964 bits per heavy atom. The number of likely N-dealkylation sites (N-methyl/N-ethyl adjacent to an activating group) is 1. The van der Waals surface area contributed by atoms with Crippen LogP contribution in [-0.2, 0) is 0 Å². The molecule has 2 aromatic rings. The molecule has 6 heteroatoms. The summed E-state index contributed by atoms with van der Waals surface area (Å²) in [5.41, 5.74) is 1.03. The van der Waals surface area contributed by atoms with Crippen molar-refractivity contribution >= 4 is 22.7 Å². The van der Waals surface area contributed by atoms with Gasteiger partial charge in [0.1, 0.15) is 5.82 Å². The zero-order valence-electron chi connectivity index (χ0n) is 17.6. The minimum Gasteiger partial charge on any atom is -0.368 e. The molecule has 1 N–H and O–H groups in total. The first-order valence-corrected chi connectivity index (χ1v) is 10.8. The lowest BCUT2D eigenvalue weighted by Gasteiger charge is -2.40. The minimum atomic E-state index is 0.512. The maximum Gasteiger partial charge on any atom is 0.227 e. The molecule has 4 rings (SSSR count). The van der Waals surface area contributed by atoms with E-state index in [1.807, 2.05) is 0 Å². The van der Waals surface area contributed by atoms with Gasteiger partial charge in [-0.3, -0.25) is 4.90 Å². The third-order valence-corrected chi connectivity index (χ3v) is 6.24. The predicted octanol–water partition coefficient (Wildman–Crippen LogP) is 2.91. The van der Waals surface area contributed by atoms with Crippen LogP contribution < -0.4 is 10.2 Å². The van der Waals surface area contributed by atoms with Gasteiger partial charge in [-0.05, 0) is 37.9 Å². The third kappa shape index (κ3) is 4.23. The van der Waals surface area contributed by atoms with E-state index in [-0.39, 0.29) is 0 Å². The lowest BCUT2D eigenvalue weighted by molar-refractivity contribution is 0.0944. The van der Waals surface area contributed by atoms with E-state index in [1.165, 1.54) is 12.8 Å². The fourth-order valence-corrected chi connectivity index (χ4v) is 4.40. The SMILES string of the molecule is CC(C)C(CNc1nc(N2CCCC2)nc2ccccc12)N1CCN(C)CC1. The van der Waals surface area contributed by atoms with E-state index in [2.05, 4.69) is 65.2 Å². The first kappa shape index (κ1) is 19.4. The van der Waals surface area contributed by atoms with Gasteiger partial charge in [-0.15, -0.1) is 0 Å². The van der Waals surface area contributed by atoms with Crippen LogP contribution in [0.1, 0.15) is 26.7 Å². The lowest BCUT2D eigenvalue weighted by atomic mass is 10.0. The number of anilines is 2. The van der Waals surface area contributed by atoms with Crippen LogP contribution in [-0.4, -0.2) is 78.7 Å². The van der Waals surface area contributed by atoms with Crippen molar-refractivity contribution in [2.24, 2.45) is 5.92 Å². The number of nitrogens with one attached hydrogen (secondary N) is 1. The van der Waals surface area contributed by atoms with Crippen LogP contribution in [0.5, 0.6) is 0 Å². The summed E-state index contributed by atoms with van der Waals surface area (Å²) < 4.78 is 0. The zero-order valence-corrected chi connectivity index (χ0v) is 17.6. The summed E-state index contributed by atoms with van der Waals surface area (Å²) in [5, 5.41) is 4.83. The van der Waals surface area contributed by atoms with Gasteiger partial charge in [-0.2, -0.15) is 4.98 Å². The number of aromatic nitrogens is 2. The third-order valence-electron chi connectivity index (χ3n) is 6.24. The van der Waals surface area contributed by atoms with Crippen molar-refractivity contribution < 1.29 is 0 Å². The van der Waals surface area contributed by atoms with Crippen molar-refractivity contribution in [2.45, 2.75) is 32.7 Å². The summed E-state index contributed by atoms with van der Waals surface area (Å²) in [6.07, 6.45) is 2.47. The van der Waals surface area contributed by atoms with Gasteiger partial charge in [0.25, 0.3) is 0 Å². The molecule has 28 heavy (non-hydrogen) atoms. The second-order valence-corrected chi connectivity index (χ2v) is 8.62. The van der Waals surface area contributed by atoms with E-state index >= 15 is 0 Å². The highest BCUT2D eigenvalue weighted by Crippen LogP contribution is 2.26. The zero-order chi connectivity index (χ0) is 19.5. The van der Waals surface area contributed by atoms with Gasteiger partial charge >= 0.3 is 0 Å². The molecule has 0 saturated carbocycles. The monoisotopic (exact) mass is 382 g/mol. The molecule has 0 radical (unpaired) electrons. The number of hydrogen-bond donors (Lipinski definition) is 1. The Labute approximate surface area is 168 Å². The molecular weight excluding hydrogens is 348 g/mol. The first-order valence-electron chi connectivity index (χ1n) is 10.8. The fraction of sp³-hybridized carbons (Fsp3) is 0.636. The van der Waals surface area contributed by atoms with Crippen LogP contribution in [0.2, 0.25) is 0 Å². The van der Waals surface area contributed by atoms with Gasteiger partial charge < -0.3 is 15.1 Å². The van der Waals surface area contributed by atoms with Crippen molar-refractivity contribution in [3.05, 3.63) is 24.3 Å². The molecule has 1 aromatic carbocycles. The Bertz CT molecular complexity index is 778. The summed E-state index contributed by atoms with van der Waals surface area (Å²) in [6.45, 7) is 12.3. The number of hydrogen-bond acceptors (Lipinski definition) is 6. The molecule has 1 aromatic heterocycles. The Hall–Kier alpha value is -1.92. The number of nitrogens with zero attached hydrogens (tertiary/aromatic N) is 5. The fourth-order valence-electron chi connectivity index (χ4n) is 4.40. The molecule has 152 valence electrons. The number of benzene rings is 1. The summed E-state index contributed by atoms with van der Waals surface area (Å²) >= 11 is 0. The molecule has 2 saturated heterocycles. The van der Waals surface area contributed by atoms with E-state index in [9.17, 15) is 0 Å². The standard InChI is InChI=1S/C22H34N6/c1-17(2)20(27-14-12-26(3)13-15-27)16-23-21-18-8-4-5-9-19(18)24-22(25-21)28-10-6-7-11-28/h4-5,8-9,17,20H,6-7,10-16H2,1-3H3,(H,23,24,25). The second-order valence-electron chi connectivity index (χ2n) is 8.62. The van der Waals surface area contributed by atoms with Crippen LogP contribution in [0.4, 0.5) is 11.8 Å². The molecule has 6 nitrogen and oxygen atoms in total. The van der Waals surface area contributed by atoms with Crippen LogP contribution in [0.15, 0.2) is 24.3 Å². The minimum absolute atomic E-state index is 0.512. The quantitative estimate of drug-likeness (QED) is 0.829. The van der Waals surface area contributed by atoms with E-state index in [1.54, 1.807) is 0 Å². The summed E-state index contributed by atoms with van der Waals surface area (Å²) in [4.78, 5) is 17.2. The maximum absolute atomic E-state index is 4.95. The van der Waals surface area contributed by atoms with E-state index in [0.29, 0.717) is 12.0 Å². The van der Waals surface area contributed by atoms with Gasteiger partial charge in [0.15, 0.2) is 0 Å². The maximum atomic E-state index is 4.95. The average molecular weight is 383 g/mol. The molecule has 2 aliphatic heterocycles. The molecule has 0 bridgehead atoms. The summed E-state index contributed by atoms with van der Waals surface area (Å²) in [6, 6.07) is 8.88. The van der Waals surface area contributed by atoms with Gasteiger partial charge in [0.2, 0.25) is 5.95 Å². The Balaban J connectivity index is 1.55. The topological polar surface area (TPSA) is 47.5 Å². The molecule has 1 atom stereocenters. The Morgan fingerprint density at radius 3 is 2.39 bits per heavy atom. The van der Waals surface area contributed by atoms with Crippen molar-refractivity contribution in [1.82, 2.24) is 19.8 Å². The van der Waals surface area contributed by atoms with Crippen LogP contribution in [0, 0.1) is 5.92 Å². The molecule has 0 aliphatic carbocycles. The highest BCUT2D eigenvalue weighted by Gasteiger charge is 2.25. The van der Waals surface area contributed by atoms with Gasteiger partial charge in [0.05, 0.1) is 5.52 Å². The number of para-hydroxylation sites is 1. The highest BCUT2D eigenvalue weighted by atomic mass is 15.3. The Morgan fingerprint density at radius 2 is 1.68 bits per heavy atom. The largest absolute Gasteiger partial charge is 0.368 e.